The summed E-state index contributed by atoms with van der Waals surface area (Å²) in [6.07, 6.45) is 1.56. The maximum absolute atomic E-state index is 13.0. The molecule has 2 aromatic rings. The topological polar surface area (TPSA) is 90.2 Å². The molecular formula is C21H26N2O6. The summed E-state index contributed by atoms with van der Waals surface area (Å²) in [5, 5.41) is 2.91. The van der Waals surface area contributed by atoms with Gasteiger partial charge in [-0.3, -0.25) is 9.69 Å². The van der Waals surface area contributed by atoms with Crippen molar-refractivity contribution in [2.75, 3.05) is 25.7 Å². The molecule has 2 atom stereocenters. The van der Waals surface area contributed by atoms with Crippen LogP contribution in [0, 0.1) is 0 Å². The van der Waals surface area contributed by atoms with Gasteiger partial charge in [0, 0.05) is 12.1 Å². The average molecular weight is 402 g/mol. The van der Waals surface area contributed by atoms with E-state index in [1.807, 2.05) is 6.92 Å². The van der Waals surface area contributed by atoms with Crippen molar-refractivity contribution in [1.82, 2.24) is 5.32 Å². The molecule has 2 unspecified atom stereocenters. The fourth-order valence-electron chi connectivity index (χ4n) is 3.61. The number of carbonyl (C=O) groups is 2. The van der Waals surface area contributed by atoms with Crippen molar-refractivity contribution < 1.29 is 28.2 Å². The quantitative estimate of drug-likeness (QED) is 0.796. The Kier molecular flexibility index (Phi) is 6.31. The number of anilines is 1. The van der Waals surface area contributed by atoms with E-state index in [9.17, 15) is 9.59 Å². The fraction of sp³-hybridized carbons (Fsp3) is 0.429. The Morgan fingerprint density at radius 3 is 2.59 bits per heavy atom. The number of benzene rings is 1. The van der Waals surface area contributed by atoms with Crippen LogP contribution in [0.2, 0.25) is 0 Å². The normalized spacial score (nSPS) is 18.0. The Labute approximate surface area is 169 Å². The molecule has 1 aliphatic rings. The molecule has 1 aromatic heterocycles. The number of fused-ring (bicyclic) bond motifs is 1. The molecule has 1 aliphatic heterocycles. The van der Waals surface area contributed by atoms with Crippen molar-refractivity contribution in [3.05, 3.63) is 41.9 Å². The fourth-order valence-corrected chi connectivity index (χ4v) is 3.61. The minimum Gasteiger partial charge on any atom is -0.493 e. The molecule has 2 amide bonds. The smallest absolute Gasteiger partial charge is 0.414 e. The van der Waals surface area contributed by atoms with Crippen molar-refractivity contribution >= 4 is 17.7 Å². The number of furan rings is 1. The van der Waals surface area contributed by atoms with E-state index in [-0.39, 0.29) is 18.6 Å². The van der Waals surface area contributed by atoms with E-state index >= 15 is 0 Å². The van der Waals surface area contributed by atoms with E-state index in [1.165, 1.54) is 14.2 Å². The number of hydrogen-bond donors (Lipinski definition) is 1. The zero-order valence-corrected chi connectivity index (χ0v) is 17.1. The van der Waals surface area contributed by atoms with Gasteiger partial charge in [0.1, 0.15) is 5.76 Å². The predicted octanol–water partition coefficient (Wildman–Crippen LogP) is 3.45. The molecule has 0 saturated heterocycles. The van der Waals surface area contributed by atoms with Crippen LogP contribution in [0.3, 0.4) is 0 Å². The summed E-state index contributed by atoms with van der Waals surface area (Å²) in [5.41, 5.74) is 1.27. The molecule has 2 heterocycles. The lowest BCUT2D eigenvalue weighted by atomic mass is 9.85. The highest BCUT2D eigenvalue weighted by Crippen LogP contribution is 2.44. The second-order valence-electron chi connectivity index (χ2n) is 6.77. The summed E-state index contributed by atoms with van der Waals surface area (Å²) >= 11 is 0. The number of methoxy groups -OCH3 is 2. The number of nitrogens with zero attached hydrogens (tertiary/aromatic N) is 1. The zero-order valence-electron chi connectivity index (χ0n) is 17.1. The van der Waals surface area contributed by atoms with Gasteiger partial charge in [0.2, 0.25) is 5.91 Å². The second kappa shape index (κ2) is 8.89. The summed E-state index contributed by atoms with van der Waals surface area (Å²) < 4.78 is 21.3. The number of hydrogen-bond acceptors (Lipinski definition) is 6. The van der Waals surface area contributed by atoms with Gasteiger partial charge in [-0.15, -0.1) is 0 Å². The molecule has 3 rings (SSSR count). The Hall–Kier alpha value is -3.16. The van der Waals surface area contributed by atoms with Crippen molar-refractivity contribution in [1.29, 1.82) is 0 Å². The van der Waals surface area contributed by atoms with Crippen LogP contribution in [0.1, 0.15) is 37.5 Å². The summed E-state index contributed by atoms with van der Waals surface area (Å²) in [5.74, 6) is 1.03. The number of rotatable bonds is 6. The minimum atomic E-state index is -0.458. The molecule has 0 aliphatic carbocycles. The number of amides is 2. The first kappa shape index (κ1) is 20.6. The van der Waals surface area contributed by atoms with Gasteiger partial charge in [-0.1, -0.05) is 0 Å². The molecule has 0 fully saturated rings. The molecule has 0 saturated carbocycles. The van der Waals surface area contributed by atoms with Gasteiger partial charge in [-0.2, -0.15) is 0 Å². The molecule has 0 spiro atoms. The summed E-state index contributed by atoms with van der Waals surface area (Å²) in [7, 11) is 3.06. The van der Waals surface area contributed by atoms with Gasteiger partial charge in [0.05, 0.1) is 45.2 Å². The standard InChI is InChI=1S/C21H26N2O6/c1-5-28-21(25)23-13(2)9-16(20(24)22-12-14-7-6-8-29-14)15-10-18(26-3)19(27-4)11-17(15)23/h6-8,10-11,13,16H,5,9,12H2,1-4H3,(H,22,24). The van der Waals surface area contributed by atoms with Crippen molar-refractivity contribution in [2.24, 2.45) is 0 Å². The van der Waals surface area contributed by atoms with Crippen LogP contribution in [0.5, 0.6) is 11.5 Å². The molecule has 1 N–H and O–H groups in total. The van der Waals surface area contributed by atoms with Crippen LogP contribution in [0.25, 0.3) is 0 Å². The van der Waals surface area contributed by atoms with E-state index in [1.54, 1.807) is 42.4 Å². The third kappa shape index (κ3) is 4.16. The molecule has 29 heavy (non-hydrogen) atoms. The lowest BCUT2D eigenvalue weighted by Gasteiger charge is -2.38. The van der Waals surface area contributed by atoms with Crippen LogP contribution in [-0.2, 0) is 16.1 Å². The molecule has 0 bridgehead atoms. The Balaban J connectivity index is 1.97. The third-order valence-electron chi connectivity index (χ3n) is 4.98. The van der Waals surface area contributed by atoms with Crippen LogP contribution < -0.4 is 19.7 Å². The van der Waals surface area contributed by atoms with Crippen LogP contribution in [0.4, 0.5) is 10.5 Å². The van der Waals surface area contributed by atoms with E-state index in [0.717, 1.165) is 0 Å². The molecule has 0 radical (unpaired) electrons. The third-order valence-corrected chi connectivity index (χ3v) is 4.98. The highest BCUT2D eigenvalue weighted by atomic mass is 16.6. The highest BCUT2D eigenvalue weighted by molar-refractivity contribution is 5.95. The number of carbonyl (C=O) groups excluding carboxylic acids is 2. The predicted molar refractivity (Wildman–Crippen MR) is 106 cm³/mol. The van der Waals surface area contributed by atoms with E-state index in [0.29, 0.717) is 41.5 Å². The Morgan fingerprint density at radius 1 is 1.24 bits per heavy atom. The Morgan fingerprint density at radius 2 is 1.97 bits per heavy atom. The van der Waals surface area contributed by atoms with Gasteiger partial charge >= 0.3 is 6.09 Å². The van der Waals surface area contributed by atoms with Crippen molar-refractivity contribution in [2.45, 2.75) is 38.8 Å². The number of nitrogens with one attached hydrogen (secondary N) is 1. The van der Waals surface area contributed by atoms with Gasteiger partial charge < -0.3 is 23.9 Å². The first-order valence-electron chi connectivity index (χ1n) is 9.52. The largest absolute Gasteiger partial charge is 0.493 e. The molecule has 8 heteroatoms. The maximum atomic E-state index is 13.0. The van der Waals surface area contributed by atoms with Crippen LogP contribution in [-0.4, -0.2) is 38.9 Å². The monoisotopic (exact) mass is 402 g/mol. The van der Waals surface area contributed by atoms with Gasteiger partial charge in [-0.25, -0.2) is 4.79 Å². The molecular weight excluding hydrogens is 376 g/mol. The summed E-state index contributed by atoms with van der Waals surface area (Å²) in [6.45, 7) is 4.20. The number of ether oxygens (including phenoxy) is 3. The van der Waals surface area contributed by atoms with Crippen molar-refractivity contribution in [3.8, 4) is 11.5 Å². The highest BCUT2D eigenvalue weighted by Gasteiger charge is 2.39. The molecule has 156 valence electrons. The zero-order chi connectivity index (χ0) is 21.0. The van der Waals surface area contributed by atoms with Gasteiger partial charge in [0.25, 0.3) is 0 Å². The maximum Gasteiger partial charge on any atom is 0.414 e. The lowest BCUT2D eigenvalue weighted by Crippen LogP contribution is -2.46. The molecule has 8 nitrogen and oxygen atoms in total. The lowest BCUT2D eigenvalue weighted by molar-refractivity contribution is -0.123. The minimum absolute atomic E-state index is 0.148. The van der Waals surface area contributed by atoms with E-state index in [4.69, 9.17) is 18.6 Å². The van der Waals surface area contributed by atoms with Gasteiger partial charge in [0.15, 0.2) is 11.5 Å². The van der Waals surface area contributed by atoms with Crippen LogP contribution >= 0.6 is 0 Å². The first-order chi connectivity index (χ1) is 14.0. The summed E-state index contributed by atoms with van der Waals surface area (Å²) in [6, 6.07) is 6.80. The van der Waals surface area contributed by atoms with Gasteiger partial charge in [-0.05, 0) is 44.0 Å². The second-order valence-corrected chi connectivity index (χ2v) is 6.77. The average Bonchev–Trinajstić information content (AvgIpc) is 3.24. The summed E-state index contributed by atoms with van der Waals surface area (Å²) in [4.78, 5) is 27.2. The van der Waals surface area contributed by atoms with Crippen molar-refractivity contribution in [3.63, 3.8) is 0 Å². The van der Waals surface area contributed by atoms with E-state index < -0.39 is 12.0 Å². The van der Waals surface area contributed by atoms with Crippen LogP contribution in [0.15, 0.2) is 34.9 Å². The van der Waals surface area contributed by atoms with E-state index in [2.05, 4.69) is 5.32 Å². The molecule has 1 aromatic carbocycles. The Bertz CT molecular complexity index is 864. The SMILES string of the molecule is CCOC(=O)N1c2cc(OC)c(OC)cc2C(C(=O)NCc2ccco2)CC1C. The first-order valence-corrected chi connectivity index (χ1v) is 9.52.